The van der Waals surface area contributed by atoms with Crippen LogP contribution in [0.1, 0.15) is 24.1 Å². The third-order valence-electron chi connectivity index (χ3n) is 5.42. The van der Waals surface area contributed by atoms with Crippen molar-refractivity contribution in [3.05, 3.63) is 108 Å². The van der Waals surface area contributed by atoms with Gasteiger partial charge < -0.3 is 4.74 Å². The van der Waals surface area contributed by atoms with E-state index < -0.39 is 17.4 Å². The van der Waals surface area contributed by atoms with Gasteiger partial charge in [0.2, 0.25) is 5.41 Å². The first kappa shape index (κ1) is 21.1. The largest absolute Gasteiger partial charge is 0.464 e. The summed E-state index contributed by atoms with van der Waals surface area (Å²) in [5.74, 6) is -0.605. The van der Waals surface area contributed by atoms with Gasteiger partial charge in [-0.3, -0.25) is 5.01 Å². The van der Waals surface area contributed by atoms with Crippen molar-refractivity contribution in [1.82, 2.24) is 0 Å². The molecule has 2 atom stereocenters. The number of ether oxygens (including phenoxy) is 1. The zero-order valence-electron chi connectivity index (χ0n) is 17.8. The van der Waals surface area contributed by atoms with Crippen LogP contribution in [0.2, 0.25) is 0 Å². The SMILES string of the molecule is CCOC(=O)[C@@]1(C#N)C(/C=C/c2ccccc2)=NN(c2ccccc2)[C@@H]1c1ccccc1. The Bertz CT molecular complexity index is 1170. The van der Waals surface area contributed by atoms with Gasteiger partial charge in [0.15, 0.2) is 0 Å². The number of carbonyl (C=O) groups excluding carboxylic acids is 1. The number of carbonyl (C=O) groups is 1. The molecule has 0 saturated carbocycles. The van der Waals surface area contributed by atoms with Crippen LogP contribution in [0.3, 0.4) is 0 Å². The minimum Gasteiger partial charge on any atom is -0.464 e. The highest BCUT2D eigenvalue weighted by molar-refractivity contribution is 6.19. The van der Waals surface area contributed by atoms with Crippen LogP contribution in [0, 0.1) is 16.7 Å². The van der Waals surface area contributed by atoms with E-state index in [4.69, 9.17) is 9.84 Å². The first-order valence-corrected chi connectivity index (χ1v) is 10.5. The summed E-state index contributed by atoms with van der Waals surface area (Å²) in [5.41, 5.74) is 1.25. The van der Waals surface area contributed by atoms with Crippen LogP contribution in [0.5, 0.6) is 0 Å². The maximum absolute atomic E-state index is 13.4. The summed E-state index contributed by atoms with van der Waals surface area (Å²) in [7, 11) is 0. The van der Waals surface area contributed by atoms with Gasteiger partial charge in [-0.15, -0.1) is 0 Å². The minimum atomic E-state index is -1.63. The van der Waals surface area contributed by atoms with Crippen molar-refractivity contribution in [2.75, 3.05) is 11.6 Å². The van der Waals surface area contributed by atoms with Gasteiger partial charge in [0.25, 0.3) is 0 Å². The van der Waals surface area contributed by atoms with E-state index in [0.717, 1.165) is 16.8 Å². The number of nitriles is 1. The highest BCUT2D eigenvalue weighted by atomic mass is 16.5. The Labute approximate surface area is 187 Å². The first-order chi connectivity index (χ1) is 15.7. The number of benzene rings is 3. The molecule has 0 aromatic heterocycles. The summed E-state index contributed by atoms with van der Waals surface area (Å²) in [6.45, 7) is 1.91. The van der Waals surface area contributed by atoms with Crippen LogP contribution in [-0.4, -0.2) is 18.3 Å². The standard InChI is InChI=1S/C27H23N3O2/c1-2-32-26(31)27(20-28)24(19-18-21-12-6-3-7-13-21)29-30(23-16-10-5-11-17-23)25(27)22-14-8-4-9-15-22/h3-19,25H,2H2,1H3/b19-18+/t25-,27+/m1/s1. The fraction of sp³-hybridized carbons (Fsp3) is 0.148. The molecule has 5 heteroatoms. The summed E-state index contributed by atoms with van der Waals surface area (Å²) in [5, 5.41) is 17.0. The molecule has 0 bridgehead atoms. The van der Waals surface area contributed by atoms with E-state index in [1.54, 1.807) is 18.0 Å². The Hall–Kier alpha value is -4.17. The normalized spacial score (nSPS) is 20.1. The van der Waals surface area contributed by atoms with E-state index in [2.05, 4.69) is 6.07 Å². The molecule has 158 valence electrons. The molecule has 0 spiro atoms. The number of esters is 1. The Morgan fingerprint density at radius 1 is 1.00 bits per heavy atom. The number of para-hydroxylation sites is 1. The lowest BCUT2D eigenvalue weighted by molar-refractivity contribution is -0.149. The van der Waals surface area contributed by atoms with Gasteiger partial charge in [0.1, 0.15) is 6.04 Å². The Kier molecular flexibility index (Phi) is 6.14. The number of hydrogen-bond donors (Lipinski definition) is 0. The minimum absolute atomic E-state index is 0.171. The van der Waals surface area contributed by atoms with Crippen LogP contribution in [0.15, 0.2) is 102 Å². The molecule has 1 aliphatic rings. The summed E-state index contributed by atoms with van der Waals surface area (Å²) in [6, 6.07) is 30.4. The molecule has 4 rings (SSSR count). The second-order valence-corrected chi connectivity index (χ2v) is 7.36. The molecule has 5 nitrogen and oxygen atoms in total. The van der Waals surface area contributed by atoms with Crippen molar-refractivity contribution in [2.45, 2.75) is 13.0 Å². The lowest BCUT2D eigenvalue weighted by atomic mass is 9.74. The molecule has 0 radical (unpaired) electrons. The highest BCUT2D eigenvalue weighted by Gasteiger charge is 2.59. The summed E-state index contributed by atoms with van der Waals surface area (Å²) >= 11 is 0. The Balaban J connectivity index is 1.91. The zero-order valence-corrected chi connectivity index (χ0v) is 17.8. The average Bonchev–Trinajstić information content (AvgIpc) is 3.20. The highest BCUT2D eigenvalue weighted by Crippen LogP contribution is 2.48. The summed E-state index contributed by atoms with van der Waals surface area (Å²) in [6.07, 6.45) is 3.61. The average molecular weight is 422 g/mol. The lowest BCUT2D eigenvalue weighted by Gasteiger charge is -2.32. The van der Waals surface area contributed by atoms with Crippen molar-refractivity contribution in [3.8, 4) is 6.07 Å². The van der Waals surface area contributed by atoms with Gasteiger partial charge >= 0.3 is 5.97 Å². The van der Waals surface area contributed by atoms with Crippen LogP contribution in [0.4, 0.5) is 5.69 Å². The monoisotopic (exact) mass is 421 g/mol. The van der Waals surface area contributed by atoms with E-state index in [9.17, 15) is 10.1 Å². The first-order valence-electron chi connectivity index (χ1n) is 10.5. The summed E-state index contributed by atoms with van der Waals surface area (Å²) < 4.78 is 5.44. The maximum atomic E-state index is 13.4. The predicted octanol–water partition coefficient (Wildman–Crippen LogP) is 5.39. The maximum Gasteiger partial charge on any atom is 0.335 e. The molecule has 32 heavy (non-hydrogen) atoms. The van der Waals surface area contributed by atoms with E-state index in [0.29, 0.717) is 5.71 Å². The predicted molar refractivity (Wildman–Crippen MR) is 126 cm³/mol. The van der Waals surface area contributed by atoms with Gasteiger partial charge in [-0.25, -0.2) is 4.79 Å². The molecule has 0 saturated heterocycles. The van der Waals surface area contributed by atoms with Crippen molar-refractivity contribution in [2.24, 2.45) is 10.5 Å². The number of allylic oxidation sites excluding steroid dienone is 1. The molecule has 1 aliphatic heterocycles. The number of rotatable bonds is 6. The molecule has 0 amide bonds. The number of nitrogens with zero attached hydrogens (tertiary/aromatic N) is 3. The van der Waals surface area contributed by atoms with Crippen LogP contribution < -0.4 is 5.01 Å². The fourth-order valence-corrected chi connectivity index (χ4v) is 3.92. The third kappa shape index (κ3) is 3.79. The number of hydrogen-bond acceptors (Lipinski definition) is 5. The van der Waals surface area contributed by atoms with Crippen molar-refractivity contribution >= 4 is 23.4 Å². The number of hydrazone groups is 1. The smallest absolute Gasteiger partial charge is 0.335 e. The van der Waals surface area contributed by atoms with Gasteiger partial charge in [-0.05, 0) is 36.3 Å². The summed E-state index contributed by atoms with van der Waals surface area (Å²) in [4.78, 5) is 13.4. The van der Waals surface area contributed by atoms with E-state index in [1.807, 2.05) is 97.1 Å². The van der Waals surface area contributed by atoms with E-state index in [1.165, 1.54) is 0 Å². The molecule has 1 heterocycles. The van der Waals surface area contributed by atoms with Gasteiger partial charge in [-0.1, -0.05) is 84.9 Å². The third-order valence-corrected chi connectivity index (χ3v) is 5.42. The van der Waals surface area contributed by atoms with Gasteiger partial charge in [0.05, 0.1) is 24.1 Å². The van der Waals surface area contributed by atoms with Gasteiger partial charge in [0, 0.05) is 0 Å². The van der Waals surface area contributed by atoms with Gasteiger partial charge in [-0.2, -0.15) is 10.4 Å². The Morgan fingerprint density at radius 2 is 1.59 bits per heavy atom. The van der Waals surface area contributed by atoms with E-state index in [-0.39, 0.29) is 6.61 Å². The van der Waals surface area contributed by atoms with E-state index >= 15 is 0 Å². The molecule has 3 aromatic carbocycles. The Morgan fingerprint density at radius 3 is 2.19 bits per heavy atom. The molecular formula is C27H23N3O2. The zero-order chi connectivity index (χ0) is 22.4. The number of anilines is 1. The molecule has 0 unspecified atom stereocenters. The molecule has 3 aromatic rings. The van der Waals surface area contributed by atoms with Crippen LogP contribution in [-0.2, 0) is 9.53 Å². The lowest BCUT2D eigenvalue weighted by Crippen LogP contribution is -2.44. The van der Waals surface area contributed by atoms with Crippen molar-refractivity contribution in [3.63, 3.8) is 0 Å². The fourth-order valence-electron chi connectivity index (χ4n) is 3.92. The quantitative estimate of drug-likeness (QED) is 0.501. The van der Waals surface area contributed by atoms with Crippen molar-refractivity contribution in [1.29, 1.82) is 5.26 Å². The molecular weight excluding hydrogens is 398 g/mol. The van der Waals surface area contributed by atoms with Crippen molar-refractivity contribution < 1.29 is 9.53 Å². The topological polar surface area (TPSA) is 65.7 Å². The second-order valence-electron chi connectivity index (χ2n) is 7.36. The van der Waals surface area contributed by atoms with Crippen LogP contribution >= 0.6 is 0 Å². The second kappa shape index (κ2) is 9.32. The molecule has 0 N–H and O–H groups in total. The molecule has 0 aliphatic carbocycles. The molecule has 0 fully saturated rings. The van der Waals surface area contributed by atoms with Crippen LogP contribution in [0.25, 0.3) is 6.08 Å².